The van der Waals surface area contributed by atoms with E-state index in [-0.39, 0.29) is 23.2 Å². The number of hydrogen-bond acceptors (Lipinski definition) is 5. The number of halogens is 5. The Morgan fingerprint density at radius 1 is 1.00 bits per heavy atom. The van der Waals surface area contributed by atoms with Gasteiger partial charge in [0.25, 0.3) is 5.91 Å². The molecule has 204 valence electrons. The quantitative estimate of drug-likeness (QED) is 0.262. The zero-order valence-electron chi connectivity index (χ0n) is 19.6. The number of aromatic amines is 1. The molecule has 0 spiro atoms. The number of nitrogens with one attached hydrogen (secondary N) is 3. The number of alkyl halides is 3. The van der Waals surface area contributed by atoms with E-state index in [2.05, 4.69) is 19.8 Å². The molecule has 0 atom stereocenters. The Kier molecular flexibility index (Phi) is 7.95. The summed E-state index contributed by atoms with van der Waals surface area (Å²) in [6.07, 6.45) is -3.92. The third-order valence-corrected chi connectivity index (χ3v) is 7.09. The first-order chi connectivity index (χ1) is 18.3. The lowest BCUT2D eigenvalue weighted by molar-refractivity contribution is -0.274. The largest absolute Gasteiger partial charge is 0.573 e. The molecule has 0 saturated heterocycles. The number of carbonyl (C=O) groups excluding carboxylic acids is 1. The molecule has 39 heavy (non-hydrogen) atoms. The first-order valence-corrected chi connectivity index (χ1v) is 12.9. The van der Waals surface area contributed by atoms with Crippen LogP contribution in [0.4, 0.5) is 17.6 Å². The molecule has 0 aliphatic carbocycles. The summed E-state index contributed by atoms with van der Waals surface area (Å²) >= 11 is 5.83. The standard InChI is InChI=1S/C25H18ClF4N3O5S/c26-16-6-4-14(5-7-16)11-32-24(35)20-13-31-22-19(23(20)34)9-17(27)10-21(22)39(36,37)33-12-15-2-1-3-18(8-15)38-25(28,29)30/h1-10,13,33H,11-12H2,(H,31,34)(H,32,35). The average Bonchev–Trinajstić information content (AvgIpc) is 2.86. The summed E-state index contributed by atoms with van der Waals surface area (Å²) in [6, 6.07) is 12.7. The van der Waals surface area contributed by atoms with Gasteiger partial charge in [0.2, 0.25) is 15.5 Å². The molecule has 3 N–H and O–H groups in total. The van der Waals surface area contributed by atoms with Gasteiger partial charge in [0.15, 0.2) is 0 Å². The van der Waals surface area contributed by atoms with Crippen LogP contribution in [0.2, 0.25) is 5.02 Å². The number of ether oxygens (including phenoxy) is 1. The van der Waals surface area contributed by atoms with Crippen LogP contribution in [0.3, 0.4) is 0 Å². The van der Waals surface area contributed by atoms with E-state index in [1.807, 2.05) is 0 Å². The molecule has 1 aromatic heterocycles. The van der Waals surface area contributed by atoms with Gasteiger partial charge in [-0.15, -0.1) is 13.2 Å². The van der Waals surface area contributed by atoms with E-state index in [4.69, 9.17) is 11.6 Å². The molecule has 0 unspecified atom stereocenters. The minimum Gasteiger partial charge on any atom is -0.406 e. The number of fused-ring (bicyclic) bond motifs is 1. The molecular weight excluding hydrogens is 566 g/mol. The second kappa shape index (κ2) is 11.0. The van der Waals surface area contributed by atoms with Crippen molar-refractivity contribution in [3.8, 4) is 5.75 Å². The van der Waals surface area contributed by atoms with E-state index in [0.29, 0.717) is 16.7 Å². The number of carbonyl (C=O) groups is 1. The highest BCUT2D eigenvalue weighted by Crippen LogP contribution is 2.25. The predicted molar refractivity (Wildman–Crippen MR) is 134 cm³/mol. The van der Waals surface area contributed by atoms with Crippen LogP contribution in [0, 0.1) is 5.82 Å². The second-order valence-electron chi connectivity index (χ2n) is 8.19. The molecule has 0 bridgehead atoms. The highest BCUT2D eigenvalue weighted by molar-refractivity contribution is 7.89. The Labute approximate surface area is 223 Å². The fraction of sp³-hybridized carbons (Fsp3) is 0.120. The minimum atomic E-state index is -4.93. The summed E-state index contributed by atoms with van der Waals surface area (Å²) in [5.41, 5.74) is -0.734. The zero-order valence-corrected chi connectivity index (χ0v) is 21.2. The van der Waals surface area contributed by atoms with Crippen molar-refractivity contribution in [3.63, 3.8) is 0 Å². The van der Waals surface area contributed by atoms with E-state index >= 15 is 0 Å². The van der Waals surface area contributed by atoms with Gasteiger partial charge in [-0.3, -0.25) is 9.59 Å². The number of amides is 1. The Bertz CT molecular complexity index is 1710. The third-order valence-electron chi connectivity index (χ3n) is 5.42. The van der Waals surface area contributed by atoms with Crippen LogP contribution in [-0.4, -0.2) is 25.7 Å². The van der Waals surface area contributed by atoms with Gasteiger partial charge in [0, 0.05) is 24.3 Å². The van der Waals surface area contributed by atoms with E-state index in [9.17, 15) is 35.6 Å². The molecule has 4 aromatic rings. The second-order valence-corrected chi connectivity index (χ2v) is 10.4. The van der Waals surface area contributed by atoms with Crippen LogP contribution in [0.5, 0.6) is 5.75 Å². The van der Waals surface area contributed by atoms with Crippen LogP contribution in [0.25, 0.3) is 10.9 Å². The molecule has 0 saturated carbocycles. The van der Waals surface area contributed by atoms with E-state index < -0.39 is 56.1 Å². The van der Waals surface area contributed by atoms with Gasteiger partial charge in [-0.05, 0) is 47.5 Å². The van der Waals surface area contributed by atoms with Crippen molar-refractivity contribution in [1.82, 2.24) is 15.0 Å². The highest BCUT2D eigenvalue weighted by atomic mass is 35.5. The van der Waals surface area contributed by atoms with Crippen molar-refractivity contribution in [2.24, 2.45) is 0 Å². The fourth-order valence-electron chi connectivity index (χ4n) is 3.63. The van der Waals surface area contributed by atoms with Crippen LogP contribution >= 0.6 is 11.6 Å². The number of benzene rings is 3. The summed E-state index contributed by atoms with van der Waals surface area (Å²) in [4.78, 5) is 27.6. The number of rotatable bonds is 8. The molecule has 4 rings (SSSR count). The van der Waals surface area contributed by atoms with Crippen LogP contribution in [0.15, 0.2) is 76.6 Å². The molecule has 0 radical (unpaired) electrons. The minimum absolute atomic E-state index is 0.0649. The van der Waals surface area contributed by atoms with Gasteiger partial charge in [-0.2, -0.15) is 0 Å². The maximum atomic E-state index is 14.4. The zero-order chi connectivity index (χ0) is 28.4. The molecule has 8 nitrogen and oxygen atoms in total. The van der Waals surface area contributed by atoms with Crippen molar-refractivity contribution < 1.29 is 35.5 Å². The normalized spacial score (nSPS) is 11.9. The summed E-state index contributed by atoms with van der Waals surface area (Å²) in [7, 11) is -4.49. The summed E-state index contributed by atoms with van der Waals surface area (Å²) in [5.74, 6) is -2.39. The van der Waals surface area contributed by atoms with Gasteiger partial charge >= 0.3 is 6.36 Å². The lowest BCUT2D eigenvalue weighted by Crippen LogP contribution is -2.29. The summed E-state index contributed by atoms with van der Waals surface area (Å²) in [6.45, 7) is -0.403. The number of hydrogen-bond donors (Lipinski definition) is 3. The summed E-state index contributed by atoms with van der Waals surface area (Å²) in [5, 5.41) is 2.66. The van der Waals surface area contributed by atoms with Crippen molar-refractivity contribution in [3.05, 3.63) is 105 Å². The smallest absolute Gasteiger partial charge is 0.406 e. The fourth-order valence-corrected chi connectivity index (χ4v) is 4.98. The molecule has 1 amide bonds. The first kappa shape index (κ1) is 28.1. The third kappa shape index (κ3) is 6.93. The first-order valence-electron chi connectivity index (χ1n) is 11.0. The monoisotopic (exact) mass is 583 g/mol. The van der Waals surface area contributed by atoms with Gasteiger partial charge in [-0.25, -0.2) is 17.5 Å². The molecule has 14 heteroatoms. The maximum absolute atomic E-state index is 14.4. The van der Waals surface area contributed by atoms with Gasteiger partial charge in [0.1, 0.15) is 22.0 Å². The molecule has 3 aromatic carbocycles. The lowest BCUT2D eigenvalue weighted by Gasteiger charge is -2.12. The molecular formula is C25H18ClF4N3O5S. The number of aromatic nitrogens is 1. The van der Waals surface area contributed by atoms with Crippen LogP contribution < -0.4 is 20.2 Å². The van der Waals surface area contributed by atoms with Crippen LogP contribution in [0.1, 0.15) is 21.5 Å². The molecule has 0 aliphatic heterocycles. The van der Waals surface area contributed by atoms with E-state index in [0.717, 1.165) is 24.4 Å². The molecule has 0 fully saturated rings. The van der Waals surface area contributed by atoms with E-state index in [1.165, 1.54) is 12.1 Å². The van der Waals surface area contributed by atoms with Crippen molar-refractivity contribution in [1.29, 1.82) is 0 Å². The Balaban J connectivity index is 1.58. The Morgan fingerprint density at radius 2 is 1.72 bits per heavy atom. The van der Waals surface area contributed by atoms with Crippen molar-refractivity contribution in [2.75, 3.05) is 0 Å². The highest BCUT2D eigenvalue weighted by Gasteiger charge is 2.31. The van der Waals surface area contributed by atoms with Gasteiger partial charge in [0.05, 0.1) is 10.9 Å². The van der Waals surface area contributed by atoms with Crippen LogP contribution in [-0.2, 0) is 23.1 Å². The number of H-pyrrole nitrogens is 1. The van der Waals surface area contributed by atoms with Crippen molar-refractivity contribution in [2.45, 2.75) is 24.3 Å². The number of sulfonamides is 1. The SMILES string of the molecule is O=C(NCc1ccc(Cl)cc1)c1c[nH]c2c(S(=O)(=O)NCc3cccc(OC(F)(F)F)c3)cc(F)cc2c1=O. The maximum Gasteiger partial charge on any atom is 0.573 e. The lowest BCUT2D eigenvalue weighted by atomic mass is 10.1. The van der Waals surface area contributed by atoms with Gasteiger partial charge in [-0.1, -0.05) is 35.9 Å². The molecule has 1 heterocycles. The molecule has 0 aliphatic rings. The topological polar surface area (TPSA) is 117 Å². The summed E-state index contributed by atoms with van der Waals surface area (Å²) < 4.78 is 83.8. The predicted octanol–water partition coefficient (Wildman–Crippen LogP) is 4.63. The van der Waals surface area contributed by atoms with E-state index in [1.54, 1.807) is 24.3 Å². The van der Waals surface area contributed by atoms with Gasteiger partial charge < -0.3 is 15.0 Å². The number of pyridine rings is 1. The van der Waals surface area contributed by atoms with Crippen molar-refractivity contribution >= 4 is 38.4 Å². The average molecular weight is 584 g/mol. The Hall–Kier alpha value is -3.94. The Morgan fingerprint density at radius 3 is 2.41 bits per heavy atom.